The first-order valence-corrected chi connectivity index (χ1v) is 10.3. The average molecular weight is 433 g/mol. The van der Waals surface area contributed by atoms with E-state index in [1.54, 1.807) is 0 Å². The number of likely N-dealkylation sites (N-methyl/N-ethyl adjacent to an activating group) is 1. The molecule has 5 rings (SSSR count). The standard InChI is InChI=1S/C24H21BrN2O/c1-27-21-10-6-5-9-19(21)24(23(27)28)15-20(16-7-3-2-4-8-16)26-22(24)17-11-13-18(25)14-12-17/h2-14,20,22,26H,15H2,1H3/t20-,22-,24+/m0/s1. The van der Waals surface area contributed by atoms with Gasteiger partial charge in [0.1, 0.15) is 0 Å². The number of nitrogens with zero attached hydrogens (tertiary/aromatic N) is 1. The Morgan fingerprint density at radius 1 is 0.929 bits per heavy atom. The van der Waals surface area contributed by atoms with Gasteiger partial charge in [0, 0.05) is 23.2 Å². The van der Waals surface area contributed by atoms with Crippen molar-refractivity contribution in [3.8, 4) is 0 Å². The van der Waals surface area contributed by atoms with E-state index in [1.807, 2.05) is 30.1 Å². The summed E-state index contributed by atoms with van der Waals surface area (Å²) in [5.41, 5.74) is 3.91. The quantitative estimate of drug-likeness (QED) is 0.607. The normalized spacial score (nSPS) is 26.1. The first kappa shape index (κ1) is 17.7. The third kappa shape index (κ3) is 2.48. The second-order valence-electron chi connectivity index (χ2n) is 7.67. The highest BCUT2D eigenvalue weighted by molar-refractivity contribution is 9.10. The van der Waals surface area contributed by atoms with Gasteiger partial charge in [-0.25, -0.2) is 0 Å². The lowest BCUT2D eigenvalue weighted by atomic mass is 9.72. The molecule has 1 fully saturated rings. The summed E-state index contributed by atoms with van der Waals surface area (Å²) in [6.07, 6.45) is 0.748. The first-order valence-electron chi connectivity index (χ1n) is 9.55. The maximum atomic E-state index is 13.7. The molecule has 3 aromatic rings. The van der Waals surface area contributed by atoms with Crippen molar-refractivity contribution in [2.75, 3.05) is 11.9 Å². The largest absolute Gasteiger partial charge is 0.314 e. The van der Waals surface area contributed by atoms with E-state index in [-0.39, 0.29) is 18.0 Å². The summed E-state index contributed by atoms with van der Waals surface area (Å²) in [7, 11) is 1.89. The van der Waals surface area contributed by atoms with Crippen molar-refractivity contribution in [1.82, 2.24) is 5.32 Å². The van der Waals surface area contributed by atoms with Gasteiger partial charge in [-0.15, -0.1) is 0 Å². The zero-order valence-corrected chi connectivity index (χ0v) is 17.2. The Kier molecular flexibility index (Phi) is 4.14. The van der Waals surface area contributed by atoms with Crippen LogP contribution in [-0.2, 0) is 10.2 Å². The third-order valence-electron chi connectivity index (χ3n) is 6.22. The van der Waals surface area contributed by atoms with E-state index >= 15 is 0 Å². The SMILES string of the molecule is CN1C(=O)[C@]2(C[C@@H](c3ccccc3)N[C@H]2c2ccc(Br)cc2)c2ccccc21. The molecular formula is C24H21BrN2O. The summed E-state index contributed by atoms with van der Waals surface area (Å²) < 4.78 is 1.04. The minimum absolute atomic E-state index is 0.0793. The molecule has 1 N–H and O–H groups in total. The second-order valence-corrected chi connectivity index (χ2v) is 8.59. The highest BCUT2D eigenvalue weighted by Crippen LogP contribution is 2.56. The van der Waals surface area contributed by atoms with Crippen LogP contribution in [-0.4, -0.2) is 13.0 Å². The van der Waals surface area contributed by atoms with Gasteiger partial charge < -0.3 is 10.2 Å². The van der Waals surface area contributed by atoms with Gasteiger partial charge in [0.25, 0.3) is 0 Å². The van der Waals surface area contributed by atoms with Crippen LogP contribution in [0.3, 0.4) is 0 Å². The van der Waals surface area contributed by atoms with Crippen LogP contribution in [0.5, 0.6) is 0 Å². The zero-order valence-electron chi connectivity index (χ0n) is 15.6. The lowest BCUT2D eigenvalue weighted by Crippen LogP contribution is -2.42. The fraction of sp³-hybridized carbons (Fsp3) is 0.208. The van der Waals surface area contributed by atoms with Crippen LogP contribution in [0, 0.1) is 0 Å². The summed E-state index contributed by atoms with van der Waals surface area (Å²) in [6.45, 7) is 0. The highest BCUT2D eigenvalue weighted by Gasteiger charge is 2.59. The summed E-state index contributed by atoms with van der Waals surface area (Å²) in [4.78, 5) is 15.5. The van der Waals surface area contributed by atoms with E-state index in [4.69, 9.17) is 0 Å². The molecule has 2 aliphatic rings. The van der Waals surface area contributed by atoms with Crippen molar-refractivity contribution >= 4 is 27.5 Å². The van der Waals surface area contributed by atoms with Gasteiger partial charge in [0.15, 0.2) is 0 Å². The Balaban J connectivity index is 1.69. The lowest BCUT2D eigenvalue weighted by Gasteiger charge is -2.30. The molecule has 1 spiro atoms. The van der Waals surface area contributed by atoms with Crippen molar-refractivity contribution in [1.29, 1.82) is 0 Å². The summed E-state index contributed by atoms with van der Waals surface area (Å²) in [5, 5.41) is 3.80. The molecule has 2 heterocycles. The molecule has 2 aliphatic heterocycles. The lowest BCUT2D eigenvalue weighted by molar-refractivity contribution is -0.123. The minimum Gasteiger partial charge on any atom is -0.314 e. The fourth-order valence-electron chi connectivity index (χ4n) is 4.92. The average Bonchev–Trinajstić information content (AvgIpc) is 3.24. The van der Waals surface area contributed by atoms with E-state index < -0.39 is 5.41 Å². The Hall–Kier alpha value is -2.43. The van der Waals surface area contributed by atoms with Crippen LogP contribution in [0.15, 0.2) is 83.3 Å². The molecule has 3 atom stereocenters. The number of anilines is 1. The number of amides is 1. The fourth-order valence-corrected chi connectivity index (χ4v) is 5.19. The van der Waals surface area contributed by atoms with Crippen molar-refractivity contribution in [3.05, 3.63) is 100 Å². The van der Waals surface area contributed by atoms with E-state index in [1.165, 1.54) is 5.56 Å². The minimum atomic E-state index is -0.598. The van der Waals surface area contributed by atoms with E-state index in [0.29, 0.717) is 0 Å². The molecule has 140 valence electrons. The summed E-state index contributed by atoms with van der Waals surface area (Å²) in [5.74, 6) is 0.174. The molecule has 1 amide bonds. The number of rotatable bonds is 2. The van der Waals surface area contributed by atoms with Gasteiger partial charge in [-0.2, -0.15) is 0 Å². The molecule has 3 nitrogen and oxygen atoms in total. The molecular weight excluding hydrogens is 412 g/mol. The number of hydrogen-bond acceptors (Lipinski definition) is 2. The first-order chi connectivity index (χ1) is 13.6. The Bertz CT molecular complexity index is 1030. The van der Waals surface area contributed by atoms with E-state index in [0.717, 1.165) is 27.7 Å². The molecule has 0 aromatic heterocycles. The number of para-hydroxylation sites is 1. The van der Waals surface area contributed by atoms with Gasteiger partial charge in [-0.3, -0.25) is 4.79 Å². The van der Waals surface area contributed by atoms with E-state index in [9.17, 15) is 4.79 Å². The number of carbonyl (C=O) groups is 1. The molecule has 4 heteroatoms. The van der Waals surface area contributed by atoms with Gasteiger partial charge in [-0.05, 0) is 41.3 Å². The molecule has 0 radical (unpaired) electrons. The Morgan fingerprint density at radius 3 is 2.36 bits per heavy atom. The van der Waals surface area contributed by atoms with Crippen LogP contribution in [0.4, 0.5) is 5.69 Å². The maximum Gasteiger partial charge on any atom is 0.239 e. The Morgan fingerprint density at radius 2 is 1.61 bits per heavy atom. The van der Waals surface area contributed by atoms with Crippen molar-refractivity contribution in [3.63, 3.8) is 0 Å². The molecule has 0 unspecified atom stereocenters. The highest BCUT2D eigenvalue weighted by atomic mass is 79.9. The van der Waals surface area contributed by atoms with Crippen molar-refractivity contribution in [2.24, 2.45) is 0 Å². The number of fused-ring (bicyclic) bond motifs is 2. The number of nitrogens with one attached hydrogen (secondary N) is 1. The Labute approximate surface area is 173 Å². The number of carbonyl (C=O) groups excluding carboxylic acids is 1. The van der Waals surface area contributed by atoms with Gasteiger partial charge in [-0.1, -0.05) is 76.6 Å². The van der Waals surface area contributed by atoms with Crippen LogP contribution in [0.25, 0.3) is 0 Å². The molecule has 0 bridgehead atoms. The van der Waals surface area contributed by atoms with E-state index in [2.05, 4.69) is 81.9 Å². The van der Waals surface area contributed by atoms with Crippen molar-refractivity contribution < 1.29 is 4.79 Å². The molecule has 1 saturated heterocycles. The zero-order chi connectivity index (χ0) is 19.3. The molecule has 28 heavy (non-hydrogen) atoms. The number of benzene rings is 3. The molecule has 3 aromatic carbocycles. The monoisotopic (exact) mass is 432 g/mol. The van der Waals surface area contributed by atoms with Crippen LogP contribution in [0.2, 0.25) is 0 Å². The van der Waals surface area contributed by atoms with Gasteiger partial charge in [0.2, 0.25) is 5.91 Å². The number of halogens is 1. The van der Waals surface area contributed by atoms with Crippen molar-refractivity contribution in [2.45, 2.75) is 23.9 Å². The predicted molar refractivity (Wildman–Crippen MR) is 115 cm³/mol. The van der Waals surface area contributed by atoms with Crippen LogP contribution < -0.4 is 10.2 Å². The predicted octanol–water partition coefficient (Wildman–Crippen LogP) is 5.14. The topological polar surface area (TPSA) is 32.3 Å². The maximum absolute atomic E-state index is 13.7. The number of hydrogen-bond donors (Lipinski definition) is 1. The molecule has 0 aliphatic carbocycles. The third-order valence-corrected chi connectivity index (χ3v) is 6.75. The summed E-state index contributed by atoms with van der Waals surface area (Å²) >= 11 is 3.53. The van der Waals surface area contributed by atoms with Gasteiger partial charge in [0.05, 0.1) is 11.5 Å². The van der Waals surface area contributed by atoms with Gasteiger partial charge >= 0.3 is 0 Å². The smallest absolute Gasteiger partial charge is 0.239 e. The summed E-state index contributed by atoms with van der Waals surface area (Å²) in [6, 6.07) is 27.0. The van der Waals surface area contributed by atoms with Crippen LogP contribution in [0.1, 0.15) is 35.2 Å². The molecule has 0 saturated carbocycles. The van der Waals surface area contributed by atoms with Crippen LogP contribution >= 0.6 is 15.9 Å². The second kappa shape index (κ2) is 6.57.